The van der Waals surface area contributed by atoms with Gasteiger partial charge in [0.2, 0.25) is 0 Å². The Morgan fingerprint density at radius 2 is 2.40 bits per heavy atom. The van der Waals surface area contributed by atoms with Crippen LogP contribution in [0.5, 0.6) is 0 Å². The molecule has 0 bridgehead atoms. The highest BCUT2D eigenvalue weighted by atomic mass is 32.1. The summed E-state index contributed by atoms with van der Waals surface area (Å²) in [6, 6.07) is 0. The Morgan fingerprint density at radius 3 is 3.07 bits per heavy atom. The van der Waals surface area contributed by atoms with E-state index in [4.69, 9.17) is 5.73 Å². The third-order valence-electron chi connectivity index (χ3n) is 2.50. The van der Waals surface area contributed by atoms with Crippen molar-refractivity contribution in [2.75, 3.05) is 13.1 Å². The van der Waals surface area contributed by atoms with Crippen LogP contribution in [-0.4, -0.2) is 18.1 Å². The van der Waals surface area contributed by atoms with Crippen LogP contribution in [-0.2, 0) is 6.54 Å². The molecule has 4 heteroatoms. The average Bonchev–Trinajstić information content (AvgIpc) is 2.70. The van der Waals surface area contributed by atoms with E-state index in [1.165, 1.54) is 12.8 Å². The molecule has 3 N–H and O–H groups in total. The van der Waals surface area contributed by atoms with Crippen molar-refractivity contribution in [2.24, 2.45) is 11.7 Å². The first-order valence-electron chi connectivity index (χ1n) is 5.60. The van der Waals surface area contributed by atoms with Crippen molar-refractivity contribution < 1.29 is 0 Å². The monoisotopic (exact) mass is 227 g/mol. The van der Waals surface area contributed by atoms with Gasteiger partial charge < -0.3 is 11.1 Å². The molecule has 3 nitrogen and oxygen atoms in total. The van der Waals surface area contributed by atoms with Crippen molar-refractivity contribution in [1.82, 2.24) is 10.3 Å². The third kappa shape index (κ3) is 5.87. The van der Waals surface area contributed by atoms with E-state index in [9.17, 15) is 0 Å². The van der Waals surface area contributed by atoms with E-state index < -0.39 is 0 Å². The molecule has 0 aromatic carbocycles. The van der Waals surface area contributed by atoms with Crippen LogP contribution in [0.15, 0.2) is 10.9 Å². The number of nitrogens with zero attached hydrogens (tertiary/aromatic N) is 1. The van der Waals surface area contributed by atoms with Gasteiger partial charge in [0.15, 0.2) is 0 Å². The minimum absolute atomic E-state index is 0.760. The average molecular weight is 227 g/mol. The third-order valence-corrected chi connectivity index (χ3v) is 3.13. The lowest BCUT2D eigenvalue weighted by Crippen LogP contribution is -2.16. The van der Waals surface area contributed by atoms with Crippen LogP contribution in [0.25, 0.3) is 0 Å². The lowest BCUT2D eigenvalue weighted by atomic mass is 10.0. The second-order valence-electron chi connectivity index (χ2n) is 3.98. The maximum absolute atomic E-state index is 5.50. The maximum atomic E-state index is 5.50. The van der Waals surface area contributed by atoms with E-state index in [1.807, 2.05) is 5.51 Å². The topological polar surface area (TPSA) is 50.9 Å². The second kappa shape index (κ2) is 7.79. The predicted molar refractivity (Wildman–Crippen MR) is 65.9 cm³/mol. The molecule has 15 heavy (non-hydrogen) atoms. The number of rotatable bonds is 8. The van der Waals surface area contributed by atoms with Gasteiger partial charge in [-0.1, -0.05) is 6.92 Å². The fourth-order valence-corrected chi connectivity index (χ4v) is 2.10. The molecule has 0 aliphatic rings. The van der Waals surface area contributed by atoms with E-state index in [-0.39, 0.29) is 0 Å². The van der Waals surface area contributed by atoms with Crippen molar-refractivity contribution in [1.29, 1.82) is 0 Å². The van der Waals surface area contributed by atoms with Gasteiger partial charge in [-0.3, -0.25) is 0 Å². The molecule has 1 aromatic rings. The first kappa shape index (κ1) is 12.6. The summed E-state index contributed by atoms with van der Waals surface area (Å²) in [5.74, 6) is 0.760. The quantitative estimate of drug-likeness (QED) is 0.668. The van der Waals surface area contributed by atoms with E-state index in [1.54, 1.807) is 11.3 Å². The molecule has 0 saturated carbocycles. The summed E-state index contributed by atoms with van der Waals surface area (Å²) < 4.78 is 0. The molecule has 1 aromatic heterocycles. The molecule has 86 valence electrons. The number of nitrogens with two attached hydrogens (primary N) is 1. The van der Waals surface area contributed by atoms with Crippen LogP contribution in [0.2, 0.25) is 0 Å². The molecule has 0 fully saturated rings. The number of nitrogens with one attached hydrogen (secondary N) is 1. The smallest absolute Gasteiger partial charge is 0.0795 e. The van der Waals surface area contributed by atoms with E-state index >= 15 is 0 Å². The Balaban J connectivity index is 1.93. The van der Waals surface area contributed by atoms with Crippen LogP contribution in [0.1, 0.15) is 31.9 Å². The molecular weight excluding hydrogens is 206 g/mol. The first-order valence-corrected chi connectivity index (χ1v) is 6.55. The Hall–Kier alpha value is -0.450. The zero-order valence-electron chi connectivity index (χ0n) is 9.41. The molecule has 0 aliphatic heterocycles. The van der Waals surface area contributed by atoms with Crippen LogP contribution >= 0.6 is 11.3 Å². The van der Waals surface area contributed by atoms with E-state index in [0.29, 0.717) is 0 Å². The molecule has 0 radical (unpaired) electrons. The van der Waals surface area contributed by atoms with Gasteiger partial charge in [-0.15, -0.1) is 11.3 Å². The van der Waals surface area contributed by atoms with Crippen molar-refractivity contribution in [3.8, 4) is 0 Å². The molecule has 0 amide bonds. The highest BCUT2D eigenvalue weighted by molar-refractivity contribution is 7.07. The van der Waals surface area contributed by atoms with Crippen molar-refractivity contribution in [2.45, 2.75) is 32.7 Å². The molecular formula is C11H21N3S. The largest absolute Gasteiger partial charge is 0.330 e. The summed E-state index contributed by atoms with van der Waals surface area (Å²) in [5.41, 5.74) is 8.52. The molecule has 1 unspecified atom stereocenters. The Bertz CT molecular complexity index is 236. The lowest BCUT2D eigenvalue weighted by Gasteiger charge is -2.09. The van der Waals surface area contributed by atoms with Gasteiger partial charge in [0.05, 0.1) is 11.2 Å². The zero-order valence-corrected chi connectivity index (χ0v) is 10.2. The van der Waals surface area contributed by atoms with Gasteiger partial charge in [0.25, 0.3) is 0 Å². The summed E-state index contributed by atoms with van der Waals surface area (Å²) in [6.45, 7) is 5.06. The van der Waals surface area contributed by atoms with Crippen LogP contribution in [0, 0.1) is 5.92 Å². The molecule has 0 saturated heterocycles. The van der Waals surface area contributed by atoms with Gasteiger partial charge in [-0.2, -0.15) is 0 Å². The second-order valence-corrected chi connectivity index (χ2v) is 4.70. The number of hydrogen-bond acceptors (Lipinski definition) is 4. The Labute approximate surface area is 96.1 Å². The molecule has 0 spiro atoms. The van der Waals surface area contributed by atoms with Gasteiger partial charge in [0, 0.05) is 11.9 Å². The lowest BCUT2D eigenvalue weighted by molar-refractivity contribution is 0.468. The van der Waals surface area contributed by atoms with E-state index in [0.717, 1.165) is 37.7 Å². The van der Waals surface area contributed by atoms with Gasteiger partial charge >= 0.3 is 0 Å². The van der Waals surface area contributed by atoms with Crippen LogP contribution < -0.4 is 11.1 Å². The number of aromatic nitrogens is 1. The summed E-state index contributed by atoms with van der Waals surface area (Å²) in [7, 11) is 0. The molecule has 1 heterocycles. The predicted octanol–water partition coefficient (Wildman–Crippen LogP) is 2.00. The highest BCUT2D eigenvalue weighted by Crippen LogP contribution is 2.08. The van der Waals surface area contributed by atoms with Crippen LogP contribution in [0.4, 0.5) is 0 Å². The van der Waals surface area contributed by atoms with Gasteiger partial charge in [-0.05, 0) is 38.3 Å². The zero-order chi connectivity index (χ0) is 10.9. The Kier molecular flexibility index (Phi) is 6.55. The molecule has 1 atom stereocenters. The highest BCUT2D eigenvalue weighted by Gasteiger charge is 2.00. The SMILES string of the molecule is CC(CCN)CCCNCc1cscn1. The molecule has 1 rings (SSSR count). The standard InChI is InChI=1S/C11H21N3S/c1-10(4-5-12)3-2-6-13-7-11-8-15-9-14-11/h8-10,13H,2-7,12H2,1H3. The van der Waals surface area contributed by atoms with Crippen molar-refractivity contribution >= 4 is 11.3 Å². The fraction of sp³-hybridized carbons (Fsp3) is 0.727. The van der Waals surface area contributed by atoms with Crippen molar-refractivity contribution in [3.05, 3.63) is 16.6 Å². The summed E-state index contributed by atoms with van der Waals surface area (Å²) in [5, 5.41) is 5.49. The van der Waals surface area contributed by atoms with Gasteiger partial charge in [0.1, 0.15) is 0 Å². The van der Waals surface area contributed by atoms with Gasteiger partial charge in [-0.25, -0.2) is 4.98 Å². The fourth-order valence-electron chi connectivity index (χ4n) is 1.55. The normalized spacial score (nSPS) is 12.9. The van der Waals surface area contributed by atoms with E-state index in [2.05, 4.69) is 22.6 Å². The minimum atomic E-state index is 0.760. The Morgan fingerprint density at radius 1 is 1.53 bits per heavy atom. The summed E-state index contributed by atoms with van der Waals surface area (Å²) in [4.78, 5) is 4.22. The molecule has 0 aliphatic carbocycles. The minimum Gasteiger partial charge on any atom is -0.330 e. The number of hydrogen-bond donors (Lipinski definition) is 2. The first-order chi connectivity index (χ1) is 7.33. The number of thiazole rings is 1. The van der Waals surface area contributed by atoms with Crippen molar-refractivity contribution in [3.63, 3.8) is 0 Å². The van der Waals surface area contributed by atoms with Crippen LogP contribution in [0.3, 0.4) is 0 Å². The summed E-state index contributed by atoms with van der Waals surface area (Å²) >= 11 is 1.65. The summed E-state index contributed by atoms with van der Waals surface area (Å²) in [6.07, 6.45) is 3.64. The maximum Gasteiger partial charge on any atom is 0.0795 e.